The van der Waals surface area contributed by atoms with Crippen LogP contribution in [0, 0.1) is 0 Å². The standard InChI is InChI=1S/C14H21ClN2/c1-4-16-9-12(2)10-17(3)11-13-7-5-6-8-14(13)15/h5-8,16H,2,4,9-11H2,1,3H3. The molecule has 1 N–H and O–H groups in total. The molecule has 17 heavy (non-hydrogen) atoms. The Hall–Kier alpha value is -0.830. The zero-order chi connectivity index (χ0) is 12.7. The zero-order valence-corrected chi connectivity index (χ0v) is 11.4. The number of halogens is 1. The fourth-order valence-electron chi connectivity index (χ4n) is 1.71. The maximum absolute atomic E-state index is 6.13. The molecule has 94 valence electrons. The molecule has 0 heterocycles. The number of nitrogens with zero attached hydrogens (tertiary/aromatic N) is 1. The normalized spacial score (nSPS) is 10.8. The molecule has 0 aliphatic carbocycles. The summed E-state index contributed by atoms with van der Waals surface area (Å²) in [5.74, 6) is 0. The fourth-order valence-corrected chi connectivity index (χ4v) is 1.91. The lowest BCUT2D eigenvalue weighted by molar-refractivity contribution is 0.352. The Kier molecular flexibility index (Phi) is 6.27. The van der Waals surface area contributed by atoms with Crippen LogP contribution in [-0.2, 0) is 6.54 Å². The summed E-state index contributed by atoms with van der Waals surface area (Å²) in [5.41, 5.74) is 2.36. The Bertz CT molecular complexity index is 363. The monoisotopic (exact) mass is 252 g/mol. The van der Waals surface area contributed by atoms with Crippen molar-refractivity contribution in [3.63, 3.8) is 0 Å². The Labute approximate surface area is 109 Å². The third kappa shape index (κ3) is 5.35. The minimum atomic E-state index is 0.830. The largest absolute Gasteiger partial charge is 0.313 e. The van der Waals surface area contributed by atoms with Gasteiger partial charge in [-0.25, -0.2) is 0 Å². The second kappa shape index (κ2) is 7.49. The van der Waals surface area contributed by atoms with Gasteiger partial charge in [-0.15, -0.1) is 0 Å². The average molecular weight is 253 g/mol. The number of nitrogens with one attached hydrogen (secondary N) is 1. The quantitative estimate of drug-likeness (QED) is 0.751. The molecule has 0 aliphatic rings. The van der Waals surface area contributed by atoms with Gasteiger partial charge in [-0.1, -0.05) is 43.3 Å². The van der Waals surface area contributed by atoms with Gasteiger partial charge in [0.05, 0.1) is 0 Å². The smallest absolute Gasteiger partial charge is 0.0451 e. The van der Waals surface area contributed by atoms with Crippen molar-refractivity contribution in [1.29, 1.82) is 0 Å². The van der Waals surface area contributed by atoms with Gasteiger partial charge in [0.15, 0.2) is 0 Å². The highest BCUT2D eigenvalue weighted by atomic mass is 35.5. The molecular formula is C14H21ClN2. The first-order valence-electron chi connectivity index (χ1n) is 5.92. The molecule has 0 bridgehead atoms. The molecule has 0 amide bonds. The van der Waals surface area contributed by atoms with Crippen LogP contribution >= 0.6 is 11.6 Å². The molecule has 0 atom stereocenters. The van der Waals surface area contributed by atoms with Crippen molar-refractivity contribution in [2.75, 3.05) is 26.7 Å². The molecule has 0 saturated carbocycles. The third-order valence-electron chi connectivity index (χ3n) is 2.52. The molecule has 0 unspecified atom stereocenters. The lowest BCUT2D eigenvalue weighted by atomic mass is 10.2. The van der Waals surface area contributed by atoms with Crippen LogP contribution in [0.1, 0.15) is 12.5 Å². The third-order valence-corrected chi connectivity index (χ3v) is 2.89. The lowest BCUT2D eigenvalue weighted by Crippen LogP contribution is -2.25. The van der Waals surface area contributed by atoms with Gasteiger partial charge in [-0.3, -0.25) is 4.90 Å². The van der Waals surface area contributed by atoms with Crippen LogP contribution in [-0.4, -0.2) is 31.6 Å². The Morgan fingerprint density at radius 3 is 2.76 bits per heavy atom. The second-order valence-corrected chi connectivity index (χ2v) is 4.70. The summed E-state index contributed by atoms with van der Waals surface area (Å²) in [4.78, 5) is 2.22. The zero-order valence-electron chi connectivity index (χ0n) is 10.7. The number of rotatable bonds is 7. The van der Waals surface area contributed by atoms with Crippen LogP contribution in [0.3, 0.4) is 0 Å². The number of hydrogen-bond acceptors (Lipinski definition) is 2. The van der Waals surface area contributed by atoms with Crippen molar-refractivity contribution >= 4 is 11.6 Å². The molecule has 3 heteroatoms. The summed E-state index contributed by atoms with van der Waals surface area (Å²) in [6.07, 6.45) is 0. The van der Waals surface area contributed by atoms with E-state index in [9.17, 15) is 0 Å². The molecule has 0 saturated heterocycles. The van der Waals surface area contributed by atoms with E-state index in [1.165, 1.54) is 5.57 Å². The van der Waals surface area contributed by atoms with E-state index in [2.05, 4.69) is 36.8 Å². The first kappa shape index (κ1) is 14.2. The molecule has 0 radical (unpaired) electrons. The van der Waals surface area contributed by atoms with E-state index in [1.807, 2.05) is 18.2 Å². The van der Waals surface area contributed by atoms with Gasteiger partial charge < -0.3 is 5.32 Å². The van der Waals surface area contributed by atoms with E-state index in [1.54, 1.807) is 0 Å². The van der Waals surface area contributed by atoms with E-state index in [4.69, 9.17) is 11.6 Å². The van der Waals surface area contributed by atoms with Crippen molar-refractivity contribution in [3.05, 3.63) is 47.0 Å². The predicted molar refractivity (Wildman–Crippen MR) is 75.5 cm³/mol. The Morgan fingerprint density at radius 2 is 2.12 bits per heavy atom. The van der Waals surface area contributed by atoms with Crippen molar-refractivity contribution < 1.29 is 0 Å². The van der Waals surface area contributed by atoms with E-state index in [0.29, 0.717) is 0 Å². The SMILES string of the molecule is C=C(CNCC)CN(C)Cc1ccccc1Cl. The molecule has 1 rings (SSSR count). The van der Waals surface area contributed by atoms with E-state index in [-0.39, 0.29) is 0 Å². The fraction of sp³-hybridized carbons (Fsp3) is 0.429. The maximum atomic E-state index is 6.13. The summed E-state index contributed by atoms with van der Waals surface area (Å²) in [6.45, 7) is 9.75. The lowest BCUT2D eigenvalue weighted by Gasteiger charge is -2.19. The Balaban J connectivity index is 2.42. The van der Waals surface area contributed by atoms with E-state index in [0.717, 1.165) is 36.8 Å². The first-order chi connectivity index (χ1) is 8.13. The van der Waals surface area contributed by atoms with Gasteiger partial charge in [-0.2, -0.15) is 0 Å². The summed E-state index contributed by atoms with van der Waals surface area (Å²) in [5, 5.41) is 4.11. The molecule has 0 aliphatic heterocycles. The van der Waals surface area contributed by atoms with Crippen LogP contribution in [0.5, 0.6) is 0 Å². The summed E-state index contributed by atoms with van der Waals surface area (Å²) >= 11 is 6.13. The van der Waals surface area contributed by atoms with Crippen LogP contribution in [0.4, 0.5) is 0 Å². The highest BCUT2D eigenvalue weighted by Gasteiger charge is 2.05. The molecule has 0 fully saturated rings. The molecule has 0 aromatic heterocycles. The van der Waals surface area contributed by atoms with Crippen molar-refractivity contribution in [2.24, 2.45) is 0 Å². The van der Waals surface area contributed by atoms with Gasteiger partial charge in [-0.05, 0) is 30.8 Å². The maximum Gasteiger partial charge on any atom is 0.0451 e. The highest BCUT2D eigenvalue weighted by molar-refractivity contribution is 6.31. The summed E-state index contributed by atoms with van der Waals surface area (Å²) in [6, 6.07) is 7.96. The van der Waals surface area contributed by atoms with Crippen LogP contribution < -0.4 is 5.32 Å². The minimum absolute atomic E-state index is 0.830. The second-order valence-electron chi connectivity index (χ2n) is 4.29. The predicted octanol–water partition coefficient (Wildman–Crippen LogP) is 2.94. The van der Waals surface area contributed by atoms with E-state index < -0.39 is 0 Å². The summed E-state index contributed by atoms with van der Waals surface area (Å²) < 4.78 is 0. The number of likely N-dealkylation sites (N-methyl/N-ethyl adjacent to an activating group) is 2. The van der Waals surface area contributed by atoms with Crippen LogP contribution in [0.15, 0.2) is 36.4 Å². The van der Waals surface area contributed by atoms with Crippen molar-refractivity contribution in [2.45, 2.75) is 13.5 Å². The van der Waals surface area contributed by atoms with Gasteiger partial charge in [0, 0.05) is 24.7 Å². The van der Waals surface area contributed by atoms with Gasteiger partial charge in [0.2, 0.25) is 0 Å². The molecular weight excluding hydrogens is 232 g/mol. The number of benzene rings is 1. The summed E-state index contributed by atoms with van der Waals surface area (Å²) in [7, 11) is 2.08. The average Bonchev–Trinajstić information content (AvgIpc) is 2.29. The van der Waals surface area contributed by atoms with Gasteiger partial charge >= 0.3 is 0 Å². The van der Waals surface area contributed by atoms with Gasteiger partial charge in [0.1, 0.15) is 0 Å². The van der Waals surface area contributed by atoms with Crippen LogP contribution in [0.25, 0.3) is 0 Å². The minimum Gasteiger partial charge on any atom is -0.313 e. The van der Waals surface area contributed by atoms with Crippen molar-refractivity contribution in [3.8, 4) is 0 Å². The number of hydrogen-bond donors (Lipinski definition) is 1. The van der Waals surface area contributed by atoms with Crippen LogP contribution in [0.2, 0.25) is 5.02 Å². The van der Waals surface area contributed by atoms with Gasteiger partial charge in [0.25, 0.3) is 0 Å². The first-order valence-corrected chi connectivity index (χ1v) is 6.30. The highest BCUT2D eigenvalue weighted by Crippen LogP contribution is 2.16. The topological polar surface area (TPSA) is 15.3 Å². The molecule has 2 nitrogen and oxygen atoms in total. The molecule has 1 aromatic rings. The molecule has 0 spiro atoms. The van der Waals surface area contributed by atoms with E-state index >= 15 is 0 Å². The Morgan fingerprint density at radius 1 is 1.41 bits per heavy atom. The molecule has 1 aromatic carbocycles. The van der Waals surface area contributed by atoms with Crippen molar-refractivity contribution in [1.82, 2.24) is 10.2 Å².